The first kappa shape index (κ1) is 22.7. The number of likely N-dealkylation sites (tertiary alicyclic amines) is 1. The Labute approximate surface area is 195 Å². The number of benzene rings is 2. The zero-order chi connectivity index (χ0) is 23.4. The van der Waals surface area contributed by atoms with Crippen molar-refractivity contribution in [1.29, 1.82) is 0 Å². The summed E-state index contributed by atoms with van der Waals surface area (Å²) in [6.45, 7) is 3.33. The van der Waals surface area contributed by atoms with Crippen molar-refractivity contribution in [3.63, 3.8) is 0 Å². The molecular weight excluding hydrogens is 449 g/mol. The fourth-order valence-electron chi connectivity index (χ4n) is 3.68. The van der Waals surface area contributed by atoms with Gasteiger partial charge >= 0.3 is 11.8 Å². The van der Waals surface area contributed by atoms with E-state index in [-0.39, 0.29) is 5.02 Å². The van der Waals surface area contributed by atoms with Crippen LogP contribution < -0.4 is 15.4 Å². The lowest BCUT2D eigenvalue weighted by Crippen LogP contribution is -2.42. The van der Waals surface area contributed by atoms with Gasteiger partial charge in [0, 0.05) is 30.2 Å². The third kappa shape index (κ3) is 5.14. The lowest BCUT2D eigenvalue weighted by Gasteiger charge is -2.26. The molecule has 0 bridgehead atoms. The average molecular weight is 472 g/mol. The van der Waals surface area contributed by atoms with E-state index in [1.165, 1.54) is 24.5 Å². The van der Waals surface area contributed by atoms with E-state index in [4.69, 9.17) is 16.3 Å². The van der Waals surface area contributed by atoms with E-state index in [0.29, 0.717) is 53.5 Å². The first-order valence-corrected chi connectivity index (χ1v) is 11.1. The smallest absolute Gasteiger partial charge is 0.314 e. The number of rotatable bonds is 5. The van der Waals surface area contributed by atoms with Crippen LogP contribution in [0.25, 0.3) is 10.9 Å². The molecule has 0 aliphatic carbocycles. The molecule has 1 aliphatic rings. The number of aromatic nitrogens is 2. The van der Waals surface area contributed by atoms with E-state index in [2.05, 4.69) is 20.6 Å². The molecule has 2 N–H and O–H groups in total. The standard InChI is InChI=1S/C23H23ClFN5O3/c1-2-33-20-12-18-15(11-19(20)29-22(31)23(32)30-8-4-3-5-9-30)21(27-13-26-18)28-14-6-7-17(25)16(24)10-14/h6-7,10-13H,2-5,8-9H2,1H3,(H,29,31)(H,26,27,28). The highest BCUT2D eigenvalue weighted by Crippen LogP contribution is 2.34. The van der Waals surface area contributed by atoms with E-state index >= 15 is 0 Å². The minimum atomic E-state index is -0.728. The van der Waals surface area contributed by atoms with Crippen LogP contribution >= 0.6 is 11.6 Å². The van der Waals surface area contributed by atoms with Crippen LogP contribution in [0.15, 0.2) is 36.7 Å². The Balaban J connectivity index is 1.66. The number of carbonyl (C=O) groups excluding carboxylic acids is 2. The second kappa shape index (κ2) is 9.99. The van der Waals surface area contributed by atoms with Crippen molar-refractivity contribution in [3.8, 4) is 5.75 Å². The van der Waals surface area contributed by atoms with Gasteiger partial charge < -0.3 is 20.3 Å². The van der Waals surface area contributed by atoms with Crippen molar-refractivity contribution < 1.29 is 18.7 Å². The average Bonchev–Trinajstić information content (AvgIpc) is 2.82. The minimum Gasteiger partial charge on any atom is -0.492 e. The van der Waals surface area contributed by atoms with Crippen LogP contribution in [0.5, 0.6) is 5.75 Å². The number of piperidine rings is 1. The van der Waals surface area contributed by atoms with E-state index in [1.807, 2.05) is 6.92 Å². The molecule has 172 valence electrons. The summed E-state index contributed by atoms with van der Waals surface area (Å²) in [7, 11) is 0. The molecule has 2 amide bonds. The van der Waals surface area contributed by atoms with E-state index in [0.717, 1.165) is 19.3 Å². The lowest BCUT2D eigenvalue weighted by molar-refractivity contribution is -0.143. The molecule has 8 nitrogen and oxygen atoms in total. The van der Waals surface area contributed by atoms with Crippen LogP contribution in [-0.2, 0) is 9.59 Å². The second-order valence-electron chi connectivity index (χ2n) is 7.58. The van der Waals surface area contributed by atoms with Gasteiger partial charge in [-0.25, -0.2) is 14.4 Å². The first-order chi connectivity index (χ1) is 16.0. The molecule has 0 unspecified atom stereocenters. The molecule has 10 heteroatoms. The number of amides is 2. The first-order valence-electron chi connectivity index (χ1n) is 10.7. The molecule has 1 aliphatic heterocycles. The van der Waals surface area contributed by atoms with Gasteiger partial charge in [-0.2, -0.15) is 0 Å². The van der Waals surface area contributed by atoms with Gasteiger partial charge in [-0.15, -0.1) is 0 Å². The Morgan fingerprint density at radius 2 is 1.94 bits per heavy atom. The highest BCUT2D eigenvalue weighted by atomic mass is 35.5. The Morgan fingerprint density at radius 1 is 1.15 bits per heavy atom. The zero-order valence-electron chi connectivity index (χ0n) is 18.0. The molecule has 2 heterocycles. The normalized spacial score (nSPS) is 13.6. The number of nitrogens with zero attached hydrogens (tertiary/aromatic N) is 3. The highest BCUT2D eigenvalue weighted by molar-refractivity contribution is 6.39. The number of hydrogen-bond donors (Lipinski definition) is 2. The predicted molar refractivity (Wildman–Crippen MR) is 124 cm³/mol. The van der Waals surface area contributed by atoms with Crippen LogP contribution in [0, 0.1) is 5.82 Å². The Kier molecular flexibility index (Phi) is 6.88. The van der Waals surface area contributed by atoms with Crippen LogP contribution in [0.3, 0.4) is 0 Å². The van der Waals surface area contributed by atoms with E-state index in [1.54, 1.807) is 17.0 Å². The molecule has 0 saturated carbocycles. The molecule has 3 aromatic rings. The lowest BCUT2D eigenvalue weighted by atomic mass is 10.1. The predicted octanol–water partition coefficient (Wildman–Crippen LogP) is 4.52. The summed E-state index contributed by atoms with van der Waals surface area (Å²) in [6.07, 6.45) is 4.21. The Hall–Kier alpha value is -3.46. The number of fused-ring (bicyclic) bond motifs is 1. The molecule has 4 rings (SSSR count). The summed E-state index contributed by atoms with van der Waals surface area (Å²) in [5.74, 6) is -1.02. The molecule has 33 heavy (non-hydrogen) atoms. The number of hydrogen-bond acceptors (Lipinski definition) is 6. The van der Waals surface area contributed by atoms with Crippen molar-refractivity contribution in [2.75, 3.05) is 30.3 Å². The van der Waals surface area contributed by atoms with Gasteiger partial charge in [-0.3, -0.25) is 9.59 Å². The molecule has 2 aromatic carbocycles. The van der Waals surface area contributed by atoms with Gasteiger partial charge in [-0.05, 0) is 50.5 Å². The monoisotopic (exact) mass is 471 g/mol. The topological polar surface area (TPSA) is 96.5 Å². The van der Waals surface area contributed by atoms with Gasteiger partial charge in [0.15, 0.2) is 0 Å². The maximum absolute atomic E-state index is 13.5. The fraction of sp³-hybridized carbons (Fsp3) is 0.304. The quantitative estimate of drug-likeness (QED) is 0.531. The highest BCUT2D eigenvalue weighted by Gasteiger charge is 2.24. The van der Waals surface area contributed by atoms with Gasteiger partial charge in [-0.1, -0.05) is 11.6 Å². The van der Waals surface area contributed by atoms with Gasteiger partial charge in [0.2, 0.25) is 0 Å². The van der Waals surface area contributed by atoms with Crippen molar-refractivity contribution in [3.05, 3.63) is 47.5 Å². The molecule has 0 atom stereocenters. The minimum absolute atomic E-state index is 0.0267. The summed E-state index contributed by atoms with van der Waals surface area (Å²) in [4.78, 5) is 35.4. The molecule has 1 saturated heterocycles. The van der Waals surface area contributed by atoms with Crippen LogP contribution in [0.1, 0.15) is 26.2 Å². The third-order valence-corrected chi connectivity index (χ3v) is 5.59. The summed E-state index contributed by atoms with van der Waals surface area (Å²) in [5.41, 5.74) is 1.42. The molecular formula is C23H23ClFN5O3. The number of ether oxygens (including phenoxy) is 1. The Bertz CT molecular complexity index is 1200. The third-order valence-electron chi connectivity index (χ3n) is 5.30. The maximum atomic E-state index is 13.5. The van der Waals surface area contributed by atoms with E-state index in [9.17, 15) is 14.0 Å². The SMILES string of the molecule is CCOc1cc2ncnc(Nc3ccc(F)c(Cl)c3)c2cc1NC(=O)C(=O)N1CCCCC1. The molecule has 0 radical (unpaired) electrons. The largest absolute Gasteiger partial charge is 0.492 e. The van der Waals surface area contributed by atoms with Gasteiger partial charge in [0.25, 0.3) is 0 Å². The summed E-state index contributed by atoms with van der Waals surface area (Å²) in [6, 6.07) is 7.54. The van der Waals surface area contributed by atoms with Crippen molar-refractivity contribution in [2.45, 2.75) is 26.2 Å². The van der Waals surface area contributed by atoms with Crippen molar-refractivity contribution in [2.24, 2.45) is 0 Å². The van der Waals surface area contributed by atoms with Gasteiger partial charge in [0.1, 0.15) is 23.7 Å². The number of carbonyl (C=O) groups is 2. The van der Waals surface area contributed by atoms with E-state index < -0.39 is 17.6 Å². The molecule has 0 spiro atoms. The fourth-order valence-corrected chi connectivity index (χ4v) is 3.86. The van der Waals surface area contributed by atoms with Crippen molar-refractivity contribution >= 4 is 51.5 Å². The second-order valence-corrected chi connectivity index (χ2v) is 7.99. The van der Waals surface area contributed by atoms with Crippen LogP contribution in [0.4, 0.5) is 21.6 Å². The number of halogens is 2. The van der Waals surface area contributed by atoms with Crippen LogP contribution in [-0.4, -0.2) is 46.4 Å². The van der Waals surface area contributed by atoms with Crippen molar-refractivity contribution in [1.82, 2.24) is 14.9 Å². The van der Waals surface area contributed by atoms with Gasteiger partial charge in [0.05, 0.1) is 22.8 Å². The summed E-state index contributed by atoms with van der Waals surface area (Å²) >= 11 is 5.88. The number of nitrogens with one attached hydrogen (secondary N) is 2. The summed E-state index contributed by atoms with van der Waals surface area (Å²) < 4.78 is 19.2. The van der Waals surface area contributed by atoms with Crippen LogP contribution in [0.2, 0.25) is 5.02 Å². The zero-order valence-corrected chi connectivity index (χ0v) is 18.8. The maximum Gasteiger partial charge on any atom is 0.314 e. The Morgan fingerprint density at radius 3 is 2.67 bits per heavy atom. The number of anilines is 3. The molecule has 1 fully saturated rings. The summed E-state index contributed by atoms with van der Waals surface area (Å²) in [5, 5.41) is 6.32. The molecule has 1 aromatic heterocycles.